The molecule has 76 valence electrons. The highest BCUT2D eigenvalue weighted by Crippen LogP contribution is 2.33. The number of amides is 1. The Hall–Kier alpha value is -0.610. The largest absolute Gasteiger partial charge is 0.380 e. The van der Waals surface area contributed by atoms with Crippen LogP contribution in [0.25, 0.3) is 0 Å². The van der Waals surface area contributed by atoms with Crippen molar-refractivity contribution in [3.63, 3.8) is 0 Å². The molecule has 1 saturated carbocycles. The summed E-state index contributed by atoms with van der Waals surface area (Å²) in [6, 6.07) is 0. The molecular weight excluding hydrogens is 168 g/mol. The number of rotatable bonds is 5. The van der Waals surface area contributed by atoms with Gasteiger partial charge in [0.15, 0.2) is 0 Å². The molecule has 0 bridgehead atoms. The summed E-state index contributed by atoms with van der Waals surface area (Å²) < 4.78 is 5.15. The second-order valence-electron chi connectivity index (χ2n) is 3.58. The van der Waals surface area contributed by atoms with Gasteiger partial charge in [0.05, 0.1) is 12.1 Å². The lowest BCUT2D eigenvalue weighted by Gasteiger charge is -2.20. The van der Waals surface area contributed by atoms with Crippen LogP contribution in [0.1, 0.15) is 19.8 Å². The van der Waals surface area contributed by atoms with Gasteiger partial charge in [-0.05, 0) is 19.8 Å². The third kappa shape index (κ3) is 2.67. The summed E-state index contributed by atoms with van der Waals surface area (Å²) in [5.41, 5.74) is 5.22. The molecule has 1 aliphatic carbocycles. The van der Waals surface area contributed by atoms with Crippen molar-refractivity contribution in [1.82, 2.24) is 4.90 Å². The van der Waals surface area contributed by atoms with Crippen LogP contribution >= 0.6 is 0 Å². The zero-order chi connectivity index (χ0) is 9.90. The fourth-order valence-electron chi connectivity index (χ4n) is 1.18. The monoisotopic (exact) mass is 186 g/mol. The maximum absolute atomic E-state index is 11.6. The Balaban J connectivity index is 2.22. The summed E-state index contributed by atoms with van der Waals surface area (Å²) in [5.74, 6) is 0.0483. The normalized spacial score (nSPS) is 18.4. The zero-order valence-corrected chi connectivity index (χ0v) is 8.38. The van der Waals surface area contributed by atoms with E-state index in [9.17, 15) is 4.79 Å². The molecule has 4 nitrogen and oxygen atoms in total. The van der Waals surface area contributed by atoms with Crippen LogP contribution in [0.3, 0.4) is 0 Å². The van der Waals surface area contributed by atoms with Gasteiger partial charge < -0.3 is 15.4 Å². The molecule has 1 fully saturated rings. The van der Waals surface area contributed by atoms with Gasteiger partial charge >= 0.3 is 0 Å². The van der Waals surface area contributed by atoms with E-state index in [0.717, 1.165) is 12.8 Å². The van der Waals surface area contributed by atoms with Crippen LogP contribution in [0.4, 0.5) is 0 Å². The first-order chi connectivity index (χ1) is 6.10. The van der Waals surface area contributed by atoms with Crippen LogP contribution in [0.5, 0.6) is 0 Å². The van der Waals surface area contributed by atoms with Crippen LogP contribution in [-0.4, -0.2) is 43.2 Å². The van der Waals surface area contributed by atoms with E-state index in [1.54, 1.807) is 11.9 Å². The van der Waals surface area contributed by atoms with Gasteiger partial charge in [0, 0.05) is 20.2 Å². The van der Waals surface area contributed by atoms with E-state index in [4.69, 9.17) is 10.5 Å². The average molecular weight is 186 g/mol. The van der Waals surface area contributed by atoms with Gasteiger partial charge in [0.2, 0.25) is 5.91 Å². The molecule has 0 aromatic carbocycles. The Kier molecular flexibility index (Phi) is 3.27. The predicted octanol–water partition coefficient (Wildman–Crippen LogP) is -0.0274. The first-order valence-corrected chi connectivity index (χ1v) is 4.72. The van der Waals surface area contributed by atoms with E-state index in [-0.39, 0.29) is 5.91 Å². The average Bonchev–Trinajstić information content (AvgIpc) is 2.84. The summed E-state index contributed by atoms with van der Waals surface area (Å²) in [5, 5.41) is 0. The first kappa shape index (κ1) is 10.5. The maximum Gasteiger partial charge on any atom is 0.242 e. The van der Waals surface area contributed by atoms with Crippen molar-refractivity contribution in [2.45, 2.75) is 25.3 Å². The van der Waals surface area contributed by atoms with E-state index in [1.165, 1.54) is 0 Å². The molecule has 1 rings (SSSR count). The lowest BCUT2D eigenvalue weighted by atomic mass is 10.2. The van der Waals surface area contributed by atoms with Gasteiger partial charge in [-0.25, -0.2) is 0 Å². The number of nitrogens with zero attached hydrogens (tertiary/aromatic N) is 1. The van der Waals surface area contributed by atoms with Crippen molar-refractivity contribution >= 4 is 5.91 Å². The Morgan fingerprint density at radius 3 is 2.69 bits per heavy atom. The summed E-state index contributed by atoms with van der Waals surface area (Å²) >= 11 is 0. The minimum absolute atomic E-state index is 0.0483. The third-order valence-electron chi connectivity index (χ3n) is 2.34. The Morgan fingerprint density at radius 2 is 2.23 bits per heavy atom. The lowest BCUT2D eigenvalue weighted by Crippen LogP contribution is -2.44. The van der Waals surface area contributed by atoms with Crippen molar-refractivity contribution in [3.05, 3.63) is 0 Å². The third-order valence-corrected chi connectivity index (χ3v) is 2.34. The van der Waals surface area contributed by atoms with E-state index in [0.29, 0.717) is 19.8 Å². The van der Waals surface area contributed by atoms with Crippen LogP contribution in [0, 0.1) is 0 Å². The SMILES string of the molecule is CCOCCN(C)C(=O)C1(N)CC1. The Labute approximate surface area is 79.0 Å². The second kappa shape index (κ2) is 4.07. The molecule has 0 aliphatic heterocycles. The number of nitrogens with two attached hydrogens (primary N) is 1. The van der Waals surface area contributed by atoms with Gasteiger partial charge in [-0.2, -0.15) is 0 Å². The molecule has 4 heteroatoms. The smallest absolute Gasteiger partial charge is 0.242 e. The van der Waals surface area contributed by atoms with Gasteiger partial charge in [0.1, 0.15) is 0 Å². The van der Waals surface area contributed by atoms with E-state index in [2.05, 4.69) is 0 Å². The molecule has 2 N–H and O–H groups in total. The van der Waals surface area contributed by atoms with Gasteiger partial charge in [0.25, 0.3) is 0 Å². The highest BCUT2D eigenvalue weighted by Gasteiger charge is 2.47. The number of hydrogen-bond acceptors (Lipinski definition) is 3. The van der Waals surface area contributed by atoms with Gasteiger partial charge in [-0.3, -0.25) is 4.79 Å². The quantitative estimate of drug-likeness (QED) is 0.614. The summed E-state index contributed by atoms with van der Waals surface area (Å²) in [7, 11) is 1.77. The molecule has 0 aromatic rings. The minimum atomic E-state index is -0.541. The Morgan fingerprint density at radius 1 is 1.62 bits per heavy atom. The molecule has 1 aliphatic rings. The van der Waals surface area contributed by atoms with Crippen molar-refractivity contribution in [2.24, 2.45) is 5.73 Å². The summed E-state index contributed by atoms with van der Waals surface area (Å²) in [6.45, 7) is 3.85. The number of ether oxygens (including phenoxy) is 1. The predicted molar refractivity (Wildman–Crippen MR) is 50.3 cm³/mol. The van der Waals surface area contributed by atoms with Crippen LogP contribution in [-0.2, 0) is 9.53 Å². The topological polar surface area (TPSA) is 55.6 Å². The molecule has 0 aromatic heterocycles. The van der Waals surface area contributed by atoms with Crippen molar-refractivity contribution in [1.29, 1.82) is 0 Å². The highest BCUT2D eigenvalue weighted by atomic mass is 16.5. The minimum Gasteiger partial charge on any atom is -0.380 e. The van der Waals surface area contributed by atoms with Crippen LogP contribution in [0.15, 0.2) is 0 Å². The van der Waals surface area contributed by atoms with Gasteiger partial charge in [-0.15, -0.1) is 0 Å². The first-order valence-electron chi connectivity index (χ1n) is 4.72. The van der Waals surface area contributed by atoms with Crippen molar-refractivity contribution < 1.29 is 9.53 Å². The molecule has 0 saturated heterocycles. The molecule has 0 radical (unpaired) electrons. The number of carbonyl (C=O) groups excluding carboxylic acids is 1. The van der Waals surface area contributed by atoms with E-state index in [1.807, 2.05) is 6.92 Å². The Bertz CT molecular complexity index is 190. The lowest BCUT2D eigenvalue weighted by molar-refractivity contribution is -0.132. The highest BCUT2D eigenvalue weighted by molar-refractivity contribution is 5.88. The number of hydrogen-bond donors (Lipinski definition) is 1. The molecule has 1 amide bonds. The fourth-order valence-corrected chi connectivity index (χ4v) is 1.18. The summed E-state index contributed by atoms with van der Waals surface area (Å²) in [4.78, 5) is 13.2. The standard InChI is InChI=1S/C9H18N2O2/c1-3-13-7-6-11(2)8(12)9(10)4-5-9/h3-7,10H2,1-2H3. The van der Waals surface area contributed by atoms with Crippen molar-refractivity contribution in [3.8, 4) is 0 Å². The molecule has 13 heavy (non-hydrogen) atoms. The van der Waals surface area contributed by atoms with E-state index < -0.39 is 5.54 Å². The molecule has 0 heterocycles. The number of likely N-dealkylation sites (N-methyl/N-ethyl adjacent to an activating group) is 1. The molecule has 0 spiro atoms. The molecular formula is C9H18N2O2. The second-order valence-corrected chi connectivity index (χ2v) is 3.58. The van der Waals surface area contributed by atoms with Crippen LogP contribution < -0.4 is 5.73 Å². The summed E-state index contributed by atoms with van der Waals surface area (Å²) in [6.07, 6.45) is 1.65. The van der Waals surface area contributed by atoms with Crippen molar-refractivity contribution in [2.75, 3.05) is 26.8 Å². The van der Waals surface area contributed by atoms with E-state index >= 15 is 0 Å². The van der Waals surface area contributed by atoms with Crippen LogP contribution in [0.2, 0.25) is 0 Å². The van der Waals surface area contributed by atoms with Gasteiger partial charge in [-0.1, -0.05) is 0 Å². The molecule has 0 atom stereocenters. The molecule has 0 unspecified atom stereocenters. The fraction of sp³-hybridized carbons (Fsp3) is 0.889. The zero-order valence-electron chi connectivity index (χ0n) is 8.38. The number of carbonyl (C=O) groups is 1. The maximum atomic E-state index is 11.6.